The van der Waals surface area contributed by atoms with Crippen LogP contribution in [0.1, 0.15) is 16.1 Å². The molecule has 0 atom stereocenters. The van der Waals surface area contributed by atoms with Crippen molar-refractivity contribution in [2.24, 2.45) is 7.05 Å². The van der Waals surface area contributed by atoms with Crippen LogP contribution in [0.4, 0.5) is 0 Å². The molecule has 17 heavy (non-hydrogen) atoms. The first-order valence-electron chi connectivity index (χ1n) is 4.96. The lowest BCUT2D eigenvalue weighted by Gasteiger charge is -2.04. The minimum absolute atomic E-state index is 0.196. The quantitative estimate of drug-likeness (QED) is 0.855. The molecule has 88 valence electrons. The normalized spacial score (nSPS) is 10.2. The molecule has 0 aliphatic heterocycles. The lowest BCUT2D eigenvalue weighted by Crippen LogP contribution is -2.00. The highest BCUT2D eigenvalue weighted by Crippen LogP contribution is 2.14. The van der Waals surface area contributed by atoms with Gasteiger partial charge in [-0.1, -0.05) is 6.07 Å². The van der Waals surface area contributed by atoms with Crippen LogP contribution in [0.2, 0.25) is 0 Å². The van der Waals surface area contributed by atoms with E-state index in [0.29, 0.717) is 11.4 Å². The first kappa shape index (κ1) is 11.1. The number of hydrogen-bond donors (Lipinski definition) is 1. The maximum Gasteiger partial charge on any atom is 0.335 e. The van der Waals surface area contributed by atoms with Gasteiger partial charge in [0.2, 0.25) is 0 Å². The van der Waals surface area contributed by atoms with Crippen LogP contribution >= 0.6 is 0 Å². The molecule has 1 heterocycles. The highest BCUT2D eigenvalue weighted by molar-refractivity contribution is 5.87. The predicted molar refractivity (Wildman–Crippen MR) is 58.7 cm³/mol. The van der Waals surface area contributed by atoms with Crippen molar-refractivity contribution in [3.63, 3.8) is 0 Å². The molecular formula is C11H11N3O3. The zero-order chi connectivity index (χ0) is 12.3. The van der Waals surface area contributed by atoms with E-state index in [4.69, 9.17) is 9.84 Å². The molecule has 0 spiro atoms. The minimum Gasteiger partial charge on any atom is -0.487 e. The molecule has 1 N–H and O–H groups in total. The van der Waals surface area contributed by atoms with Crippen molar-refractivity contribution in [1.29, 1.82) is 0 Å². The van der Waals surface area contributed by atoms with Gasteiger partial charge in [-0.25, -0.2) is 4.79 Å². The largest absolute Gasteiger partial charge is 0.487 e. The number of rotatable bonds is 4. The van der Waals surface area contributed by atoms with Crippen molar-refractivity contribution in [2.75, 3.05) is 0 Å². The highest BCUT2D eigenvalue weighted by Gasteiger charge is 2.04. The molecular weight excluding hydrogens is 222 g/mol. The average Bonchev–Trinajstić information content (AvgIpc) is 2.73. The Balaban J connectivity index is 2.04. The van der Waals surface area contributed by atoms with Gasteiger partial charge in [-0.05, 0) is 18.2 Å². The Labute approximate surface area is 97.4 Å². The van der Waals surface area contributed by atoms with E-state index in [1.807, 2.05) is 0 Å². The molecule has 2 aromatic rings. The Morgan fingerprint density at radius 3 is 3.00 bits per heavy atom. The van der Waals surface area contributed by atoms with E-state index in [1.54, 1.807) is 25.4 Å². The third-order valence-electron chi connectivity index (χ3n) is 2.11. The molecule has 6 nitrogen and oxygen atoms in total. The van der Waals surface area contributed by atoms with E-state index in [-0.39, 0.29) is 12.2 Å². The summed E-state index contributed by atoms with van der Waals surface area (Å²) < 4.78 is 5.42. The summed E-state index contributed by atoms with van der Waals surface area (Å²) in [5.74, 6) is -0.481. The van der Waals surface area contributed by atoms with Crippen molar-refractivity contribution in [3.8, 4) is 5.75 Å². The fourth-order valence-electron chi connectivity index (χ4n) is 1.33. The Kier molecular flexibility index (Phi) is 3.04. The Morgan fingerprint density at radius 1 is 1.53 bits per heavy atom. The van der Waals surface area contributed by atoms with Crippen LogP contribution in [0, 0.1) is 0 Å². The van der Waals surface area contributed by atoms with Crippen LogP contribution in [-0.4, -0.2) is 26.1 Å². The summed E-state index contributed by atoms with van der Waals surface area (Å²) in [5, 5.41) is 16.8. The fourth-order valence-corrected chi connectivity index (χ4v) is 1.33. The van der Waals surface area contributed by atoms with E-state index in [9.17, 15) is 4.79 Å². The van der Waals surface area contributed by atoms with Crippen LogP contribution < -0.4 is 4.74 Å². The summed E-state index contributed by atoms with van der Waals surface area (Å²) in [5.41, 5.74) is 0.884. The Bertz CT molecular complexity index is 536. The number of nitrogens with zero attached hydrogens (tertiary/aromatic N) is 3. The van der Waals surface area contributed by atoms with Gasteiger partial charge in [0.25, 0.3) is 0 Å². The standard InChI is InChI=1S/C11H11N3O3/c1-14-12-6-9(13-14)7-17-10-4-2-3-8(5-10)11(15)16/h2-6H,7H2,1H3,(H,15,16). The second-order valence-electron chi connectivity index (χ2n) is 3.45. The number of carboxylic acids is 1. The zero-order valence-electron chi connectivity index (χ0n) is 9.20. The lowest BCUT2D eigenvalue weighted by molar-refractivity contribution is 0.0696. The van der Waals surface area contributed by atoms with Crippen molar-refractivity contribution < 1.29 is 14.6 Å². The number of aromatic nitrogens is 3. The van der Waals surface area contributed by atoms with Crippen molar-refractivity contribution in [2.45, 2.75) is 6.61 Å². The van der Waals surface area contributed by atoms with Crippen LogP contribution in [0.25, 0.3) is 0 Å². The molecule has 1 aromatic carbocycles. The first-order valence-corrected chi connectivity index (χ1v) is 4.96. The second-order valence-corrected chi connectivity index (χ2v) is 3.45. The van der Waals surface area contributed by atoms with E-state index < -0.39 is 5.97 Å². The smallest absolute Gasteiger partial charge is 0.335 e. The summed E-state index contributed by atoms with van der Waals surface area (Å²) >= 11 is 0. The number of carbonyl (C=O) groups is 1. The first-order chi connectivity index (χ1) is 8.15. The predicted octanol–water partition coefficient (Wildman–Crippen LogP) is 1.09. The van der Waals surface area contributed by atoms with Gasteiger partial charge in [0, 0.05) is 7.05 Å². The third-order valence-corrected chi connectivity index (χ3v) is 2.11. The highest BCUT2D eigenvalue weighted by atomic mass is 16.5. The summed E-state index contributed by atoms with van der Waals surface area (Å²) in [6.45, 7) is 0.261. The van der Waals surface area contributed by atoms with E-state index in [1.165, 1.54) is 16.9 Å². The van der Waals surface area contributed by atoms with Crippen LogP contribution in [0.15, 0.2) is 30.5 Å². The van der Waals surface area contributed by atoms with Gasteiger partial charge in [-0.3, -0.25) is 0 Å². The molecule has 0 saturated heterocycles. The van der Waals surface area contributed by atoms with Crippen molar-refractivity contribution in [3.05, 3.63) is 41.7 Å². The number of benzene rings is 1. The third kappa shape index (κ3) is 2.81. The molecule has 6 heteroatoms. The molecule has 0 unspecified atom stereocenters. The molecule has 0 radical (unpaired) electrons. The van der Waals surface area contributed by atoms with Crippen LogP contribution in [0.3, 0.4) is 0 Å². The SMILES string of the molecule is Cn1ncc(COc2cccc(C(=O)O)c2)n1. The molecule has 0 amide bonds. The van der Waals surface area contributed by atoms with Crippen molar-refractivity contribution in [1.82, 2.24) is 15.0 Å². The van der Waals surface area contributed by atoms with Crippen LogP contribution in [-0.2, 0) is 13.7 Å². The summed E-state index contributed by atoms with van der Waals surface area (Å²) in [6, 6.07) is 6.31. The number of ether oxygens (including phenoxy) is 1. The maximum atomic E-state index is 10.7. The topological polar surface area (TPSA) is 77.2 Å². The number of carboxylic acid groups (broad SMARTS) is 1. The molecule has 2 rings (SSSR count). The number of aryl methyl sites for hydroxylation is 1. The van der Waals surface area contributed by atoms with E-state index >= 15 is 0 Å². The maximum absolute atomic E-state index is 10.7. The second kappa shape index (κ2) is 4.65. The number of hydrogen-bond acceptors (Lipinski definition) is 4. The van der Waals surface area contributed by atoms with E-state index in [0.717, 1.165) is 0 Å². The fraction of sp³-hybridized carbons (Fsp3) is 0.182. The molecule has 0 aliphatic carbocycles. The Hall–Kier alpha value is -2.37. The van der Waals surface area contributed by atoms with Gasteiger partial charge in [-0.2, -0.15) is 15.0 Å². The Morgan fingerprint density at radius 2 is 2.35 bits per heavy atom. The van der Waals surface area contributed by atoms with Crippen LogP contribution in [0.5, 0.6) is 5.75 Å². The number of aromatic carboxylic acids is 1. The summed E-state index contributed by atoms with van der Waals surface area (Å²) in [4.78, 5) is 12.2. The molecule has 0 fully saturated rings. The molecule has 1 aromatic heterocycles. The van der Waals surface area contributed by atoms with Crippen molar-refractivity contribution >= 4 is 5.97 Å². The summed E-state index contributed by atoms with van der Waals surface area (Å²) in [6.07, 6.45) is 1.60. The summed E-state index contributed by atoms with van der Waals surface area (Å²) in [7, 11) is 1.72. The van der Waals surface area contributed by atoms with Gasteiger partial charge in [0.1, 0.15) is 18.1 Å². The van der Waals surface area contributed by atoms with Gasteiger partial charge in [0.05, 0.1) is 11.8 Å². The van der Waals surface area contributed by atoms with Gasteiger partial charge in [-0.15, -0.1) is 0 Å². The monoisotopic (exact) mass is 233 g/mol. The van der Waals surface area contributed by atoms with Gasteiger partial charge in [0.15, 0.2) is 0 Å². The zero-order valence-corrected chi connectivity index (χ0v) is 9.20. The molecule has 0 saturated carbocycles. The molecule has 0 aliphatic rings. The van der Waals surface area contributed by atoms with Gasteiger partial charge < -0.3 is 9.84 Å². The lowest BCUT2D eigenvalue weighted by atomic mass is 10.2. The minimum atomic E-state index is -0.977. The average molecular weight is 233 g/mol. The van der Waals surface area contributed by atoms with Gasteiger partial charge >= 0.3 is 5.97 Å². The molecule has 0 bridgehead atoms. The van der Waals surface area contributed by atoms with E-state index in [2.05, 4.69) is 10.2 Å².